The van der Waals surface area contributed by atoms with Crippen LogP contribution in [-0.4, -0.2) is 56.0 Å². The van der Waals surface area contributed by atoms with Crippen molar-refractivity contribution in [3.8, 4) is 5.75 Å². The second kappa shape index (κ2) is 6.65. The van der Waals surface area contributed by atoms with Crippen molar-refractivity contribution in [2.75, 3.05) is 34.3 Å². The highest BCUT2D eigenvalue weighted by Crippen LogP contribution is 2.28. The quantitative estimate of drug-likeness (QED) is 0.857. The van der Waals surface area contributed by atoms with Gasteiger partial charge in [0.25, 0.3) is 5.91 Å². The number of rotatable bonds is 4. The van der Waals surface area contributed by atoms with Gasteiger partial charge in [-0.25, -0.2) is 4.39 Å². The van der Waals surface area contributed by atoms with Crippen LogP contribution in [0.3, 0.4) is 0 Å². The van der Waals surface area contributed by atoms with E-state index in [1.54, 1.807) is 6.07 Å². The molecule has 0 saturated carbocycles. The van der Waals surface area contributed by atoms with Gasteiger partial charge in [0.2, 0.25) is 0 Å². The molecule has 0 bridgehead atoms. The van der Waals surface area contributed by atoms with Crippen LogP contribution in [0.25, 0.3) is 0 Å². The molecule has 1 aromatic rings. The number of halogens is 1. The third-order valence-electron chi connectivity index (χ3n) is 4.54. The lowest BCUT2D eigenvalue weighted by molar-refractivity contribution is 0.0779. The van der Waals surface area contributed by atoms with Crippen molar-refractivity contribution in [2.24, 2.45) is 11.8 Å². The number of methoxy groups -OCH3 is 1. The predicted octanol–water partition coefficient (Wildman–Crippen LogP) is 2.49. The molecule has 22 heavy (non-hydrogen) atoms. The van der Waals surface area contributed by atoms with Gasteiger partial charge in [0, 0.05) is 24.7 Å². The maximum absolute atomic E-state index is 13.8. The smallest absolute Gasteiger partial charge is 0.254 e. The Kier molecular flexibility index (Phi) is 5.06. The largest absolute Gasteiger partial charge is 0.494 e. The number of carbonyl (C=O) groups is 1. The fourth-order valence-electron chi connectivity index (χ4n) is 3.16. The molecule has 0 aromatic heterocycles. The number of nitrogens with zero attached hydrogens (tertiary/aromatic N) is 2. The second-order valence-electron chi connectivity index (χ2n) is 6.50. The van der Waals surface area contributed by atoms with Crippen LogP contribution in [0.5, 0.6) is 5.75 Å². The zero-order valence-corrected chi connectivity index (χ0v) is 14.0. The van der Waals surface area contributed by atoms with Crippen LogP contribution in [0.1, 0.15) is 24.2 Å². The molecule has 4 nitrogen and oxygen atoms in total. The Morgan fingerprint density at radius 2 is 2.05 bits per heavy atom. The van der Waals surface area contributed by atoms with E-state index < -0.39 is 5.82 Å². The molecule has 0 spiro atoms. The van der Waals surface area contributed by atoms with Crippen molar-refractivity contribution in [3.63, 3.8) is 0 Å². The Bertz CT molecular complexity index is 529. The number of likely N-dealkylation sites (tertiary alicyclic amines) is 1. The maximum Gasteiger partial charge on any atom is 0.254 e. The molecule has 1 aliphatic heterocycles. The van der Waals surface area contributed by atoms with Crippen LogP contribution in [0.15, 0.2) is 18.2 Å². The fraction of sp³-hybridized carbons (Fsp3) is 0.588. The van der Waals surface area contributed by atoms with E-state index in [-0.39, 0.29) is 11.7 Å². The highest BCUT2D eigenvalue weighted by Gasteiger charge is 2.38. The molecule has 5 heteroatoms. The fourth-order valence-corrected chi connectivity index (χ4v) is 3.16. The molecule has 1 amide bonds. The van der Waals surface area contributed by atoms with Crippen LogP contribution in [0.2, 0.25) is 0 Å². The third-order valence-corrected chi connectivity index (χ3v) is 4.54. The van der Waals surface area contributed by atoms with Crippen molar-refractivity contribution in [1.82, 2.24) is 9.80 Å². The molecular weight excluding hydrogens is 283 g/mol. The van der Waals surface area contributed by atoms with Crippen LogP contribution >= 0.6 is 0 Å². The average Bonchev–Trinajstić information content (AvgIpc) is 2.92. The van der Waals surface area contributed by atoms with Gasteiger partial charge < -0.3 is 14.5 Å². The van der Waals surface area contributed by atoms with Gasteiger partial charge in [-0.15, -0.1) is 0 Å². The van der Waals surface area contributed by atoms with Gasteiger partial charge in [-0.3, -0.25) is 4.79 Å². The SMILES string of the molecule is COc1ccc(C(=O)N2C[C@H](C(C)C)[C@@H](N(C)C)C2)cc1F. The number of likely N-dealkylation sites (N-methyl/N-ethyl adjacent to an activating group) is 1. The van der Waals surface area contributed by atoms with Gasteiger partial charge in [0.1, 0.15) is 0 Å². The number of hydrogen-bond donors (Lipinski definition) is 0. The van der Waals surface area contributed by atoms with Gasteiger partial charge >= 0.3 is 0 Å². The average molecular weight is 308 g/mol. The molecule has 0 N–H and O–H groups in total. The number of hydrogen-bond acceptors (Lipinski definition) is 3. The first kappa shape index (κ1) is 16.7. The minimum Gasteiger partial charge on any atom is -0.494 e. The van der Waals surface area contributed by atoms with E-state index in [0.29, 0.717) is 36.5 Å². The van der Waals surface area contributed by atoms with Crippen molar-refractivity contribution in [1.29, 1.82) is 0 Å². The minimum atomic E-state index is -0.503. The first-order chi connectivity index (χ1) is 10.3. The maximum atomic E-state index is 13.8. The zero-order valence-electron chi connectivity index (χ0n) is 14.0. The molecular formula is C17H25FN2O2. The molecule has 2 atom stereocenters. The Hall–Kier alpha value is -1.62. The lowest BCUT2D eigenvalue weighted by atomic mass is 9.91. The summed E-state index contributed by atoms with van der Waals surface area (Å²) in [6.07, 6.45) is 0. The lowest BCUT2D eigenvalue weighted by Crippen LogP contribution is -2.37. The summed E-state index contributed by atoms with van der Waals surface area (Å²) in [7, 11) is 5.50. The molecule has 1 saturated heterocycles. The molecule has 0 aliphatic carbocycles. The van der Waals surface area contributed by atoms with Crippen LogP contribution in [0.4, 0.5) is 4.39 Å². The number of benzene rings is 1. The van der Waals surface area contributed by atoms with E-state index >= 15 is 0 Å². The van der Waals surface area contributed by atoms with Gasteiger partial charge in [0.15, 0.2) is 11.6 Å². The highest BCUT2D eigenvalue weighted by atomic mass is 19.1. The summed E-state index contributed by atoms with van der Waals surface area (Å²) in [6.45, 7) is 5.76. The first-order valence-electron chi connectivity index (χ1n) is 7.64. The summed E-state index contributed by atoms with van der Waals surface area (Å²) < 4.78 is 18.7. The summed E-state index contributed by atoms with van der Waals surface area (Å²) in [6, 6.07) is 4.72. The van der Waals surface area contributed by atoms with Gasteiger partial charge in [0.05, 0.1) is 7.11 Å². The van der Waals surface area contributed by atoms with E-state index in [4.69, 9.17) is 4.74 Å². The van der Waals surface area contributed by atoms with E-state index in [1.807, 2.05) is 19.0 Å². The van der Waals surface area contributed by atoms with Crippen LogP contribution in [0, 0.1) is 17.7 Å². The number of amides is 1. The van der Waals surface area contributed by atoms with E-state index in [1.165, 1.54) is 19.2 Å². The molecule has 1 fully saturated rings. The van der Waals surface area contributed by atoms with Crippen LogP contribution < -0.4 is 4.74 Å². The summed E-state index contributed by atoms with van der Waals surface area (Å²) in [4.78, 5) is 16.6. The van der Waals surface area contributed by atoms with Crippen molar-refractivity contribution in [2.45, 2.75) is 19.9 Å². The topological polar surface area (TPSA) is 32.8 Å². The monoisotopic (exact) mass is 308 g/mol. The highest BCUT2D eigenvalue weighted by molar-refractivity contribution is 5.94. The molecule has 122 valence electrons. The molecule has 0 radical (unpaired) electrons. The molecule has 1 heterocycles. The zero-order chi connectivity index (χ0) is 16.4. The van der Waals surface area contributed by atoms with Crippen molar-refractivity contribution in [3.05, 3.63) is 29.6 Å². The summed E-state index contributed by atoms with van der Waals surface area (Å²) in [5.74, 6) is 0.470. The predicted molar refractivity (Wildman–Crippen MR) is 84.7 cm³/mol. The lowest BCUT2D eigenvalue weighted by Gasteiger charge is -2.27. The Balaban J connectivity index is 2.18. The van der Waals surface area contributed by atoms with Gasteiger partial charge in [-0.05, 0) is 44.1 Å². The molecule has 1 aromatic carbocycles. The Labute approximate surface area is 131 Å². The number of ether oxygens (including phenoxy) is 1. The minimum absolute atomic E-state index is 0.114. The van der Waals surface area contributed by atoms with Gasteiger partial charge in [-0.2, -0.15) is 0 Å². The summed E-state index contributed by atoms with van der Waals surface area (Å²) in [5, 5.41) is 0. The molecule has 1 aliphatic rings. The van der Waals surface area contributed by atoms with Crippen molar-refractivity contribution >= 4 is 5.91 Å². The number of carbonyl (C=O) groups excluding carboxylic acids is 1. The summed E-state index contributed by atoms with van der Waals surface area (Å²) >= 11 is 0. The summed E-state index contributed by atoms with van der Waals surface area (Å²) in [5.41, 5.74) is 0.375. The molecule has 0 unspecified atom stereocenters. The standard InChI is InChI=1S/C17H25FN2O2/c1-11(2)13-9-20(10-15(13)19(3)4)17(21)12-6-7-16(22-5)14(18)8-12/h6-8,11,13,15H,9-10H2,1-5H3/t13-,15+/m1/s1. The van der Waals surface area contributed by atoms with E-state index in [0.717, 1.165) is 0 Å². The van der Waals surface area contributed by atoms with Crippen molar-refractivity contribution < 1.29 is 13.9 Å². The van der Waals surface area contributed by atoms with E-state index in [2.05, 4.69) is 18.7 Å². The molecule has 2 rings (SSSR count). The van der Waals surface area contributed by atoms with E-state index in [9.17, 15) is 9.18 Å². The second-order valence-corrected chi connectivity index (χ2v) is 6.50. The third kappa shape index (κ3) is 3.24. The Morgan fingerprint density at radius 1 is 1.36 bits per heavy atom. The normalized spacial score (nSPS) is 21.7. The Morgan fingerprint density at radius 3 is 2.50 bits per heavy atom. The van der Waals surface area contributed by atoms with Gasteiger partial charge in [-0.1, -0.05) is 13.8 Å². The first-order valence-corrected chi connectivity index (χ1v) is 7.64. The van der Waals surface area contributed by atoms with Crippen LogP contribution in [-0.2, 0) is 0 Å².